The summed E-state index contributed by atoms with van der Waals surface area (Å²) in [5.74, 6) is -0.0769. The highest BCUT2D eigenvalue weighted by molar-refractivity contribution is 7.57. The molecule has 1 aromatic carbocycles. The molecule has 11 nitrogen and oxygen atoms in total. The molecule has 1 aliphatic rings. The molecule has 0 spiro atoms. The molecular formula is C21H26N3O8P. The Morgan fingerprint density at radius 1 is 1.18 bits per heavy atom. The first-order valence-corrected chi connectivity index (χ1v) is 12.0. The van der Waals surface area contributed by atoms with Crippen LogP contribution in [-0.4, -0.2) is 59.2 Å². The molecule has 1 aliphatic heterocycles. The van der Waals surface area contributed by atoms with Crippen molar-refractivity contribution < 1.29 is 37.4 Å². The van der Waals surface area contributed by atoms with Gasteiger partial charge in [-0.05, 0) is 32.1 Å². The van der Waals surface area contributed by atoms with Crippen molar-refractivity contribution in [3.05, 3.63) is 59.9 Å². The molecule has 33 heavy (non-hydrogen) atoms. The molecule has 2 heterocycles. The van der Waals surface area contributed by atoms with Crippen molar-refractivity contribution in [1.29, 1.82) is 0 Å². The molecule has 1 fully saturated rings. The van der Waals surface area contributed by atoms with Gasteiger partial charge in [-0.3, -0.25) is 4.57 Å². The Balaban J connectivity index is 1.82. The average Bonchev–Trinajstić information content (AvgIpc) is 3.45. The number of hydrogen-bond acceptors (Lipinski definition) is 10. The second-order valence-corrected chi connectivity index (χ2v) is 8.76. The minimum Gasteiger partial charge on any atom is -0.463 e. The van der Waals surface area contributed by atoms with E-state index >= 15 is 0 Å². The van der Waals surface area contributed by atoms with Gasteiger partial charge in [0.25, 0.3) is 5.82 Å². The van der Waals surface area contributed by atoms with Crippen LogP contribution in [0, 0.1) is 0 Å². The maximum absolute atomic E-state index is 12.7. The number of ether oxygens (including phenoxy) is 3. The van der Waals surface area contributed by atoms with Crippen LogP contribution in [0.15, 0.2) is 48.6 Å². The molecule has 2 aromatic rings. The van der Waals surface area contributed by atoms with Gasteiger partial charge >= 0.3 is 19.5 Å². The molecule has 178 valence electrons. The van der Waals surface area contributed by atoms with Crippen LogP contribution < -0.4 is 0 Å². The first kappa shape index (κ1) is 24.8. The molecule has 0 radical (unpaired) electrons. The number of methoxy groups -OCH3 is 1. The summed E-state index contributed by atoms with van der Waals surface area (Å²) in [6, 6.07) is 8.51. The van der Waals surface area contributed by atoms with Crippen LogP contribution in [0.4, 0.5) is 0 Å². The quantitative estimate of drug-likeness (QED) is 0.370. The highest BCUT2D eigenvalue weighted by atomic mass is 31.2. The summed E-state index contributed by atoms with van der Waals surface area (Å²) < 4.78 is 40.8. The Hall–Kier alpha value is -2.85. The number of esters is 2. The van der Waals surface area contributed by atoms with Crippen LogP contribution in [0.1, 0.15) is 47.5 Å². The fraction of sp³-hybridized carbons (Fsp3) is 0.429. The van der Waals surface area contributed by atoms with Gasteiger partial charge in [-0.25, -0.2) is 19.3 Å². The van der Waals surface area contributed by atoms with Crippen molar-refractivity contribution in [2.24, 2.45) is 0 Å². The topological polar surface area (TPSA) is 128 Å². The highest BCUT2D eigenvalue weighted by Gasteiger charge is 2.40. The smallest absolute Gasteiger partial charge is 0.377 e. The maximum Gasteiger partial charge on any atom is 0.377 e. The fourth-order valence-corrected chi connectivity index (χ4v) is 4.55. The molecule has 0 amide bonds. The molecule has 0 saturated carbocycles. The van der Waals surface area contributed by atoms with Gasteiger partial charge < -0.3 is 23.3 Å². The van der Waals surface area contributed by atoms with E-state index in [-0.39, 0.29) is 25.5 Å². The predicted molar refractivity (Wildman–Crippen MR) is 116 cm³/mol. The van der Waals surface area contributed by atoms with Crippen LogP contribution in [0.2, 0.25) is 0 Å². The number of carbonyl (C=O) groups is 2. The van der Waals surface area contributed by atoms with Gasteiger partial charge in [0.2, 0.25) is 0 Å². The molecule has 1 saturated heterocycles. The first-order chi connectivity index (χ1) is 15.9. The van der Waals surface area contributed by atoms with Crippen LogP contribution in [0.25, 0.3) is 0 Å². The lowest BCUT2D eigenvalue weighted by Crippen LogP contribution is -2.26. The van der Waals surface area contributed by atoms with Crippen molar-refractivity contribution in [3.63, 3.8) is 0 Å². The predicted octanol–water partition coefficient (Wildman–Crippen LogP) is 3.36. The van der Waals surface area contributed by atoms with E-state index in [0.717, 1.165) is 0 Å². The third-order valence-electron chi connectivity index (χ3n) is 4.60. The summed E-state index contributed by atoms with van der Waals surface area (Å²) in [5.41, 5.74) is 0.376. The molecule has 3 rings (SSSR count). The monoisotopic (exact) mass is 479 g/mol. The minimum absolute atomic E-state index is 0.162. The Labute approximate surface area is 191 Å². The van der Waals surface area contributed by atoms with Gasteiger partial charge in [0.1, 0.15) is 6.33 Å². The highest BCUT2D eigenvalue weighted by Crippen LogP contribution is 2.50. The first-order valence-electron chi connectivity index (χ1n) is 10.4. The Bertz CT molecular complexity index is 1020. The number of nitrogens with zero attached hydrogens (tertiary/aromatic N) is 3. The van der Waals surface area contributed by atoms with Crippen molar-refractivity contribution in [1.82, 2.24) is 14.8 Å². The Kier molecular flexibility index (Phi) is 8.51. The van der Waals surface area contributed by atoms with E-state index in [0.29, 0.717) is 5.56 Å². The Morgan fingerprint density at radius 3 is 2.52 bits per heavy atom. The second-order valence-electron chi connectivity index (χ2n) is 6.87. The van der Waals surface area contributed by atoms with Crippen LogP contribution in [0.3, 0.4) is 0 Å². The number of hydrogen-bond donors (Lipinski definition) is 0. The van der Waals surface area contributed by atoms with Crippen LogP contribution in [0.5, 0.6) is 0 Å². The van der Waals surface area contributed by atoms with E-state index in [2.05, 4.69) is 14.8 Å². The van der Waals surface area contributed by atoms with E-state index in [1.165, 1.54) is 23.9 Å². The van der Waals surface area contributed by atoms with Gasteiger partial charge in [-0.2, -0.15) is 0 Å². The molecule has 0 aliphatic carbocycles. The van der Waals surface area contributed by atoms with Gasteiger partial charge in [0, 0.05) is 12.2 Å². The molecule has 0 N–H and O–H groups in total. The largest absolute Gasteiger partial charge is 0.463 e. The summed E-state index contributed by atoms with van der Waals surface area (Å²) >= 11 is 0. The number of rotatable bonds is 10. The van der Waals surface area contributed by atoms with Crippen molar-refractivity contribution in [2.75, 3.05) is 20.3 Å². The summed E-state index contributed by atoms with van der Waals surface area (Å²) in [5, 5.41) is 4.08. The standard InChI is InChI=1S/C21H26N3O8P/c1-4-29-33(27,30-5-2)12-11-16-13-17(32-20(25)15-9-7-6-8-10-15)19(31-16)24-14-22-18(23-24)21(26)28-3/h6-12,14,16-17,19H,4-5,13H2,1-3H3. The second kappa shape index (κ2) is 11.3. The normalized spacial score (nSPS) is 20.8. The lowest BCUT2D eigenvalue weighted by molar-refractivity contribution is -0.0462. The van der Waals surface area contributed by atoms with Gasteiger partial charge in [0.05, 0.1) is 32.0 Å². The Morgan fingerprint density at radius 2 is 1.88 bits per heavy atom. The lowest BCUT2D eigenvalue weighted by atomic mass is 10.2. The number of benzene rings is 1. The zero-order valence-corrected chi connectivity index (χ0v) is 19.4. The molecule has 3 atom stereocenters. The van der Waals surface area contributed by atoms with E-state index in [1.807, 2.05) is 0 Å². The molecule has 3 unspecified atom stereocenters. The summed E-state index contributed by atoms with van der Waals surface area (Å²) in [6.45, 7) is 3.85. The lowest BCUT2D eigenvalue weighted by Gasteiger charge is -2.18. The number of carbonyl (C=O) groups excluding carboxylic acids is 2. The molecular weight excluding hydrogens is 453 g/mol. The zero-order chi connectivity index (χ0) is 23.8. The summed E-state index contributed by atoms with van der Waals surface area (Å²) in [7, 11) is -2.22. The minimum atomic E-state index is -3.44. The van der Waals surface area contributed by atoms with Crippen LogP contribution >= 0.6 is 7.60 Å². The van der Waals surface area contributed by atoms with Gasteiger partial charge in [0.15, 0.2) is 12.3 Å². The maximum atomic E-state index is 12.7. The molecule has 1 aromatic heterocycles. The van der Waals surface area contributed by atoms with Gasteiger partial charge in [-0.15, -0.1) is 5.10 Å². The summed E-state index contributed by atoms with van der Waals surface area (Å²) in [4.78, 5) is 28.3. The van der Waals surface area contributed by atoms with E-state index in [9.17, 15) is 14.2 Å². The van der Waals surface area contributed by atoms with Crippen LogP contribution in [-0.2, 0) is 27.8 Å². The fourth-order valence-electron chi connectivity index (χ4n) is 3.18. The third-order valence-corrected chi connectivity index (χ3v) is 6.38. The average molecular weight is 479 g/mol. The zero-order valence-electron chi connectivity index (χ0n) is 18.5. The summed E-state index contributed by atoms with van der Waals surface area (Å²) in [6.07, 6.45) is 0.843. The van der Waals surface area contributed by atoms with Gasteiger partial charge in [-0.1, -0.05) is 18.2 Å². The third kappa shape index (κ3) is 6.35. The number of aromatic nitrogens is 3. The SMILES string of the molecule is CCOP(=O)(C=CC1CC(OC(=O)c2ccccc2)C(n2cnc(C(=O)OC)n2)O1)OCC. The van der Waals surface area contributed by atoms with Crippen molar-refractivity contribution >= 4 is 19.5 Å². The van der Waals surface area contributed by atoms with E-state index in [1.54, 1.807) is 50.3 Å². The molecule has 0 bridgehead atoms. The van der Waals surface area contributed by atoms with E-state index in [4.69, 9.17) is 18.5 Å². The molecule has 12 heteroatoms. The van der Waals surface area contributed by atoms with E-state index < -0.39 is 38.0 Å². The van der Waals surface area contributed by atoms with Crippen molar-refractivity contribution in [3.8, 4) is 0 Å². The van der Waals surface area contributed by atoms with Crippen molar-refractivity contribution in [2.45, 2.75) is 38.7 Å².